The molecule has 418 valence electrons. The lowest BCUT2D eigenvalue weighted by atomic mass is 10.1. The number of aromatic hydroxyl groups is 1. The Kier molecular flexibility index (Phi) is 15.3. The number of anilines is 3. The summed E-state index contributed by atoms with van der Waals surface area (Å²) in [5.74, 6) is -3.52. The highest BCUT2D eigenvalue weighted by molar-refractivity contribution is 7.87. The van der Waals surface area contributed by atoms with Gasteiger partial charge in [-0.05, 0) is 165 Å². The molecule has 0 radical (unpaired) electrons. The summed E-state index contributed by atoms with van der Waals surface area (Å²) in [5.41, 5.74) is 4.76. The van der Waals surface area contributed by atoms with Gasteiger partial charge in [-0.2, -0.15) is 50.8 Å². The van der Waals surface area contributed by atoms with Gasteiger partial charge in [0.05, 0.1) is 45.3 Å². The number of aryl methyl sites for hydroxylation is 4. The van der Waals surface area contributed by atoms with Crippen molar-refractivity contribution in [3.63, 3.8) is 0 Å². The third-order valence-corrected chi connectivity index (χ3v) is 15.2. The van der Waals surface area contributed by atoms with Crippen LogP contribution in [0.15, 0.2) is 161 Å². The fourth-order valence-electron chi connectivity index (χ4n) is 8.45. The van der Waals surface area contributed by atoms with Crippen molar-refractivity contribution in [2.75, 3.05) is 10.6 Å². The van der Waals surface area contributed by atoms with Gasteiger partial charge in [0.1, 0.15) is 32.2 Å². The number of carbonyl (C=O) groups excluding carboxylic acids is 1. The van der Waals surface area contributed by atoms with E-state index in [2.05, 4.69) is 51.5 Å². The van der Waals surface area contributed by atoms with E-state index < -0.39 is 74.3 Å². The van der Waals surface area contributed by atoms with Crippen molar-refractivity contribution in [3.8, 4) is 11.4 Å². The zero-order chi connectivity index (χ0) is 59.2. The van der Waals surface area contributed by atoms with E-state index in [-0.39, 0.29) is 68.0 Å². The van der Waals surface area contributed by atoms with Crippen LogP contribution in [-0.4, -0.2) is 87.1 Å². The number of benzene rings is 8. The lowest BCUT2D eigenvalue weighted by molar-refractivity contribution is -0.138. The number of aromatic nitrogens is 3. The lowest BCUT2D eigenvalue weighted by Crippen LogP contribution is -2.13. The minimum absolute atomic E-state index is 0.0593. The van der Waals surface area contributed by atoms with Gasteiger partial charge < -0.3 is 26.0 Å². The van der Waals surface area contributed by atoms with Gasteiger partial charge in [-0.1, -0.05) is 6.07 Å². The van der Waals surface area contributed by atoms with Crippen molar-refractivity contribution in [1.29, 1.82) is 0 Å². The van der Waals surface area contributed by atoms with E-state index in [9.17, 15) is 63.5 Å². The Morgan fingerprint density at radius 3 is 1.65 bits per heavy atom. The highest BCUT2D eigenvalue weighted by atomic mass is 32.2. The smallest absolute Gasteiger partial charge is 0.338 e. The third-order valence-electron chi connectivity index (χ3n) is 12.6. The molecular formula is C53H43N11O15S3. The highest BCUT2D eigenvalue weighted by Gasteiger charge is 2.25. The van der Waals surface area contributed by atoms with E-state index in [1.54, 1.807) is 88.4 Å². The number of amides is 1. The number of phenols is 1. The van der Waals surface area contributed by atoms with Gasteiger partial charge in [0.2, 0.25) is 5.91 Å². The molecule has 9 rings (SSSR count). The summed E-state index contributed by atoms with van der Waals surface area (Å²) in [4.78, 5) is 33.9. The summed E-state index contributed by atoms with van der Waals surface area (Å²) in [7, 11) is -14.9. The molecule has 26 nitrogen and oxygen atoms in total. The average Bonchev–Trinajstić information content (AvgIpc) is 3.95. The largest absolute Gasteiger partial charge is 0.505 e. The normalized spacial score (nSPS) is 12.4. The highest BCUT2D eigenvalue weighted by Crippen LogP contribution is 2.43. The molecule has 0 aliphatic heterocycles. The SMILES string of the molecule is Cc1cc(N=Nc2cc(C)c(N=Nc3c(S(=O)(=O)O)cc4cc(Nc5ccc(NC(=O)CCC(=O)O)cc5)ccc4c3O)cc2C)c(C)cc1N=Nc1ccc(-n2nc3ccc4c(S(=O)(=O)O)cc(S(=O)(=O)O)cc4c3n2)c(C(=O)O)c1. The molecule has 1 heterocycles. The molecule has 1 aromatic heterocycles. The standard InChI is InChI=1S/C53H43N11O15S3/c1-26-18-42(27(2)17-41(26)57-56-34-10-14-45(39(23-34)53(69)70)64-62-40-13-12-37-38(50(40)63-64)24-35(80(71,72)73)25-46(37)81(74,75)76)58-59-43-19-29(4)44(20-28(43)3)60-61-51-47(82(77,78)79)22-30-21-33(9-11-36(30)52(51)68)54-31-5-7-32(8-6-31)55-48(65)15-16-49(66)67/h5-14,17-25,54,68H,15-16H2,1-4H3,(H,55,65)(H,66,67)(H,69,70)(H,71,72,73)(H,74,75,76)(H,77,78,79). The Morgan fingerprint density at radius 1 is 0.537 bits per heavy atom. The van der Waals surface area contributed by atoms with Gasteiger partial charge in [-0.15, -0.1) is 20.1 Å². The Morgan fingerprint density at radius 2 is 1.09 bits per heavy atom. The molecule has 0 spiro atoms. The third kappa shape index (κ3) is 12.3. The summed E-state index contributed by atoms with van der Waals surface area (Å²) < 4.78 is 104. The van der Waals surface area contributed by atoms with Gasteiger partial charge in [-0.3, -0.25) is 23.2 Å². The number of nitrogens with zero attached hydrogens (tertiary/aromatic N) is 9. The number of fused-ring (bicyclic) bond motifs is 4. The first-order valence-electron chi connectivity index (χ1n) is 23.9. The number of rotatable bonds is 17. The van der Waals surface area contributed by atoms with Crippen molar-refractivity contribution < 1.29 is 68.6 Å². The molecule has 0 unspecified atom stereocenters. The van der Waals surface area contributed by atoms with Gasteiger partial charge in [0.15, 0.2) is 5.75 Å². The van der Waals surface area contributed by atoms with Crippen LogP contribution in [0.3, 0.4) is 0 Å². The minimum atomic E-state index is -5.00. The summed E-state index contributed by atoms with van der Waals surface area (Å²) in [5, 5.41) is 70.8. The Labute approximate surface area is 464 Å². The van der Waals surface area contributed by atoms with E-state index >= 15 is 0 Å². The first kappa shape index (κ1) is 56.9. The number of carboxylic acids is 2. The van der Waals surface area contributed by atoms with E-state index in [0.29, 0.717) is 62.4 Å². The summed E-state index contributed by atoms with van der Waals surface area (Å²) in [6.45, 7) is 6.96. The van der Waals surface area contributed by atoms with Crippen LogP contribution in [0.25, 0.3) is 38.3 Å². The molecule has 1 amide bonds. The molecular weight excluding hydrogens is 1130 g/mol. The number of aromatic carboxylic acids is 1. The predicted molar refractivity (Wildman–Crippen MR) is 298 cm³/mol. The second-order valence-electron chi connectivity index (χ2n) is 18.5. The molecule has 29 heteroatoms. The zero-order valence-electron chi connectivity index (χ0n) is 43.0. The van der Waals surface area contributed by atoms with E-state index in [1.165, 1.54) is 36.4 Å². The fourth-order valence-corrected chi connectivity index (χ4v) is 10.4. The topological polar surface area (TPSA) is 404 Å². The number of aliphatic carboxylic acids is 1. The Balaban J connectivity index is 0.910. The average molecular weight is 1170 g/mol. The second kappa shape index (κ2) is 22.0. The Bertz CT molecular complexity index is 4640. The van der Waals surface area contributed by atoms with E-state index in [1.807, 2.05) is 0 Å². The van der Waals surface area contributed by atoms with Crippen molar-refractivity contribution in [3.05, 3.63) is 143 Å². The van der Waals surface area contributed by atoms with E-state index in [4.69, 9.17) is 5.11 Å². The van der Waals surface area contributed by atoms with Gasteiger partial charge in [0.25, 0.3) is 30.4 Å². The first-order chi connectivity index (χ1) is 38.6. The number of azo groups is 3. The van der Waals surface area contributed by atoms with Crippen LogP contribution < -0.4 is 10.6 Å². The van der Waals surface area contributed by atoms with Crippen LogP contribution in [0, 0.1) is 27.7 Å². The van der Waals surface area contributed by atoms with Gasteiger partial charge >= 0.3 is 11.9 Å². The quantitative estimate of drug-likeness (QED) is 0.0310. The second-order valence-corrected chi connectivity index (χ2v) is 22.7. The molecule has 82 heavy (non-hydrogen) atoms. The van der Waals surface area contributed by atoms with Crippen LogP contribution in [0.2, 0.25) is 0 Å². The molecule has 0 aliphatic rings. The molecule has 0 atom stereocenters. The number of hydrogen-bond acceptors (Lipinski definition) is 19. The first-order valence-corrected chi connectivity index (χ1v) is 28.2. The summed E-state index contributed by atoms with van der Waals surface area (Å²) in [6.07, 6.45) is -0.500. The van der Waals surface area contributed by atoms with Gasteiger partial charge in [-0.25, -0.2) is 4.79 Å². The minimum Gasteiger partial charge on any atom is -0.505 e. The maximum Gasteiger partial charge on any atom is 0.338 e. The molecule has 0 saturated heterocycles. The predicted octanol–water partition coefficient (Wildman–Crippen LogP) is 11.9. The van der Waals surface area contributed by atoms with Crippen LogP contribution in [0.4, 0.5) is 51.2 Å². The molecule has 0 aliphatic carbocycles. The fraction of sp³-hybridized carbons (Fsp3) is 0.113. The molecule has 9 aromatic rings. The van der Waals surface area contributed by atoms with Crippen molar-refractivity contribution in [2.45, 2.75) is 55.2 Å². The summed E-state index contributed by atoms with van der Waals surface area (Å²) >= 11 is 0. The maximum atomic E-state index is 12.7. The number of phenolic OH excluding ortho intramolecular Hbond substituents is 1. The lowest BCUT2D eigenvalue weighted by Gasteiger charge is -2.12. The molecule has 8 aromatic carbocycles. The van der Waals surface area contributed by atoms with Crippen LogP contribution in [-0.2, 0) is 39.9 Å². The molecule has 8 N–H and O–H groups in total. The number of carbonyl (C=O) groups is 3. The van der Waals surface area contributed by atoms with Gasteiger partial charge in [0, 0.05) is 39.6 Å². The monoisotopic (exact) mass is 1170 g/mol. The summed E-state index contributed by atoms with van der Waals surface area (Å²) in [6, 6.07) is 27.2. The number of nitrogens with one attached hydrogen (secondary N) is 2. The molecule has 0 saturated carbocycles. The zero-order valence-corrected chi connectivity index (χ0v) is 45.4. The van der Waals surface area contributed by atoms with Crippen molar-refractivity contribution in [2.24, 2.45) is 30.7 Å². The molecule has 0 bridgehead atoms. The van der Waals surface area contributed by atoms with E-state index in [0.717, 1.165) is 16.9 Å². The van der Waals surface area contributed by atoms with Crippen LogP contribution in [0.5, 0.6) is 5.75 Å². The number of carboxylic acid groups (broad SMARTS) is 2. The van der Waals surface area contributed by atoms with Crippen molar-refractivity contribution in [1.82, 2.24) is 15.0 Å². The van der Waals surface area contributed by atoms with Crippen molar-refractivity contribution >= 4 is 132 Å². The maximum absolute atomic E-state index is 12.7. The number of hydrogen-bond donors (Lipinski definition) is 8. The van der Waals surface area contributed by atoms with Crippen LogP contribution in [0.1, 0.15) is 45.5 Å². The van der Waals surface area contributed by atoms with Crippen LogP contribution >= 0.6 is 0 Å². The Hall–Kier alpha value is -9.78. The molecule has 0 fully saturated rings.